The van der Waals surface area contributed by atoms with Crippen LogP contribution in [0.5, 0.6) is 0 Å². The molecular weight excluding hydrogens is 292 g/mol. The first-order valence-corrected chi connectivity index (χ1v) is 7.79. The molecule has 0 aromatic rings. The Morgan fingerprint density at radius 3 is 1.59 bits per heavy atom. The van der Waals surface area contributed by atoms with Crippen LogP contribution >= 0.6 is 0 Å². The van der Waals surface area contributed by atoms with Crippen LogP contribution in [0.1, 0.15) is 25.7 Å². The molecule has 4 unspecified atom stereocenters. The predicted molar refractivity (Wildman–Crippen MR) is 71.6 cm³/mol. The molecular formula is C14H20N2O6. The Bertz CT molecular complexity index is 408. The van der Waals surface area contributed by atoms with Crippen LogP contribution in [0, 0.1) is 0 Å². The minimum Gasteiger partial charge on any atom is -0.423 e. The second-order valence-electron chi connectivity index (χ2n) is 6.46. The van der Waals surface area contributed by atoms with Gasteiger partial charge in [0, 0.05) is 24.9 Å². The van der Waals surface area contributed by atoms with E-state index >= 15 is 0 Å². The Morgan fingerprint density at radius 2 is 1.32 bits per heavy atom. The highest BCUT2D eigenvalue weighted by Crippen LogP contribution is 2.33. The highest BCUT2D eigenvalue weighted by Gasteiger charge is 2.49. The van der Waals surface area contributed by atoms with E-state index in [0.29, 0.717) is 51.2 Å². The van der Waals surface area contributed by atoms with Gasteiger partial charge in [0.05, 0.1) is 26.3 Å². The summed E-state index contributed by atoms with van der Waals surface area (Å²) < 4.78 is 21.8. The third-order valence-electron chi connectivity index (χ3n) is 4.89. The van der Waals surface area contributed by atoms with E-state index in [2.05, 4.69) is 10.6 Å². The molecule has 8 heteroatoms. The van der Waals surface area contributed by atoms with E-state index < -0.39 is 23.5 Å². The largest absolute Gasteiger partial charge is 0.423 e. The highest BCUT2D eigenvalue weighted by molar-refractivity contribution is 6.29. The van der Waals surface area contributed by atoms with Crippen molar-refractivity contribution in [2.45, 2.75) is 49.3 Å². The molecule has 0 radical (unpaired) electrons. The molecule has 4 bridgehead atoms. The number of nitrogens with one attached hydrogen (secondary N) is 2. The molecule has 0 saturated carbocycles. The molecule has 0 aromatic carbocycles. The number of hydrogen-bond donors (Lipinski definition) is 2. The first kappa shape index (κ1) is 14.4. The zero-order valence-corrected chi connectivity index (χ0v) is 12.3. The Balaban J connectivity index is 1.37. The first-order chi connectivity index (χ1) is 10.6. The lowest BCUT2D eigenvalue weighted by Gasteiger charge is -2.46. The number of fused-ring (bicyclic) bond motifs is 6. The molecule has 6 fully saturated rings. The smallest absolute Gasteiger partial charge is 0.420 e. The van der Waals surface area contributed by atoms with Crippen LogP contribution in [0.3, 0.4) is 0 Å². The molecule has 4 atom stereocenters. The highest BCUT2D eigenvalue weighted by atomic mass is 16.8. The number of rotatable bonds is 2. The SMILES string of the molecule is O=C(OC12CCC(CO1)NC2)C(=O)OC12CCC(CO1)NC2. The van der Waals surface area contributed by atoms with E-state index in [1.807, 2.05) is 0 Å². The van der Waals surface area contributed by atoms with Crippen molar-refractivity contribution >= 4 is 11.9 Å². The van der Waals surface area contributed by atoms with Crippen molar-refractivity contribution < 1.29 is 28.5 Å². The number of piperidine rings is 2. The van der Waals surface area contributed by atoms with Crippen LogP contribution in [0.25, 0.3) is 0 Å². The summed E-state index contributed by atoms with van der Waals surface area (Å²) in [6, 6.07) is 0.617. The van der Waals surface area contributed by atoms with E-state index in [9.17, 15) is 9.59 Å². The van der Waals surface area contributed by atoms with Crippen molar-refractivity contribution in [3.8, 4) is 0 Å². The van der Waals surface area contributed by atoms with Crippen LogP contribution in [0.4, 0.5) is 0 Å². The average Bonchev–Trinajstić information content (AvgIpc) is 2.57. The van der Waals surface area contributed by atoms with Crippen LogP contribution in [-0.4, -0.2) is 61.9 Å². The third kappa shape index (κ3) is 2.50. The molecule has 6 aliphatic rings. The van der Waals surface area contributed by atoms with Gasteiger partial charge in [-0.05, 0) is 12.8 Å². The van der Waals surface area contributed by atoms with Crippen molar-refractivity contribution in [3.05, 3.63) is 0 Å². The number of carbonyl (C=O) groups is 2. The molecule has 0 amide bonds. The summed E-state index contributed by atoms with van der Waals surface area (Å²) in [5, 5.41) is 6.44. The maximum atomic E-state index is 12.1. The minimum absolute atomic E-state index is 0.309. The van der Waals surface area contributed by atoms with E-state index in [1.165, 1.54) is 0 Å². The lowest BCUT2D eigenvalue weighted by Crippen LogP contribution is -2.63. The van der Waals surface area contributed by atoms with Crippen LogP contribution in [0.2, 0.25) is 0 Å². The average molecular weight is 312 g/mol. The summed E-state index contributed by atoms with van der Waals surface area (Å²) >= 11 is 0. The van der Waals surface area contributed by atoms with Gasteiger partial charge in [0.25, 0.3) is 0 Å². The number of morpholine rings is 2. The van der Waals surface area contributed by atoms with E-state index in [-0.39, 0.29) is 0 Å². The maximum absolute atomic E-state index is 12.1. The topological polar surface area (TPSA) is 95.1 Å². The fourth-order valence-corrected chi connectivity index (χ4v) is 3.46. The lowest BCUT2D eigenvalue weighted by molar-refractivity contribution is -0.281. The summed E-state index contributed by atoms with van der Waals surface area (Å²) in [5.74, 6) is -4.11. The van der Waals surface area contributed by atoms with Crippen molar-refractivity contribution in [1.29, 1.82) is 0 Å². The van der Waals surface area contributed by atoms with E-state index in [4.69, 9.17) is 18.9 Å². The Kier molecular flexibility index (Phi) is 3.37. The zero-order chi connectivity index (χ0) is 15.2. The molecule has 2 N–H and O–H groups in total. The second kappa shape index (κ2) is 5.16. The standard InChI is InChI=1S/C14H20N2O6/c17-11(21-13-3-1-9(5-19-13)15-7-13)12(18)22-14-4-2-10(6-20-14)16-8-14/h9-10,15-16H,1-8H2. The minimum atomic E-state index is -1.04. The van der Waals surface area contributed by atoms with Gasteiger partial charge < -0.3 is 29.6 Å². The van der Waals surface area contributed by atoms with Gasteiger partial charge in [0.2, 0.25) is 11.6 Å². The van der Waals surface area contributed by atoms with Gasteiger partial charge >= 0.3 is 11.9 Å². The van der Waals surface area contributed by atoms with E-state index in [0.717, 1.165) is 12.8 Å². The summed E-state index contributed by atoms with van der Waals surface area (Å²) in [6.45, 7) is 1.78. The quantitative estimate of drug-likeness (QED) is 0.497. The van der Waals surface area contributed by atoms with Gasteiger partial charge in [0.15, 0.2) is 0 Å². The second-order valence-corrected chi connectivity index (χ2v) is 6.46. The molecule has 6 rings (SSSR count). The molecule has 0 spiro atoms. The van der Waals surface area contributed by atoms with Gasteiger partial charge in [-0.2, -0.15) is 0 Å². The van der Waals surface area contributed by atoms with Crippen molar-refractivity contribution in [2.24, 2.45) is 0 Å². The van der Waals surface area contributed by atoms with E-state index in [1.54, 1.807) is 0 Å². The van der Waals surface area contributed by atoms with Gasteiger partial charge in [-0.1, -0.05) is 0 Å². The molecule has 6 heterocycles. The Hall–Kier alpha value is -1.22. The molecule has 22 heavy (non-hydrogen) atoms. The van der Waals surface area contributed by atoms with Crippen LogP contribution in [0.15, 0.2) is 0 Å². The maximum Gasteiger partial charge on any atom is 0.420 e. The summed E-state index contributed by atoms with van der Waals surface area (Å²) in [4.78, 5) is 24.1. The van der Waals surface area contributed by atoms with Crippen LogP contribution in [-0.2, 0) is 28.5 Å². The lowest BCUT2D eigenvalue weighted by atomic mass is 9.96. The molecule has 6 saturated heterocycles. The molecule has 8 nitrogen and oxygen atoms in total. The Labute approximate surface area is 127 Å². The summed E-state index contributed by atoms with van der Waals surface area (Å²) in [6.07, 6.45) is 2.91. The normalized spacial score (nSPS) is 42.9. The molecule has 122 valence electrons. The van der Waals surface area contributed by atoms with Gasteiger partial charge in [-0.3, -0.25) is 0 Å². The first-order valence-electron chi connectivity index (χ1n) is 7.79. The fourth-order valence-electron chi connectivity index (χ4n) is 3.46. The fraction of sp³-hybridized carbons (Fsp3) is 0.857. The number of hydrogen-bond acceptors (Lipinski definition) is 8. The van der Waals surface area contributed by atoms with Gasteiger partial charge in [-0.25, -0.2) is 9.59 Å². The van der Waals surface area contributed by atoms with Gasteiger partial charge in [-0.15, -0.1) is 0 Å². The number of ether oxygens (including phenoxy) is 4. The third-order valence-corrected chi connectivity index (χ3v) is 4.89. The monoisotopic (exact) mass is 312 g/mol. The van der Waals surface area contributed by atoms with Crippen molar-refractivity contribution in [1.82, 2.24) is 10.6 Å². The van der Waals surface area contributed by atoms with Crippen LogP contribution < -0.4 is 10.6 Å². The predicted octanol–water partition coefficient (Wildman–Crippen LogP) is -0.970. The molecule has 6 aliphatic heterocycles. The van der Waals surface area contributed by atoms with Crippen molar-refractivity contribution in [3.63, 3.8) is 0 Å². The summed E-state index contributed by atoms with van der Waals surface area (Å²) in [5.41, 5.74) is 0. The van der Waals surface area contributed by atoms with Gasteiger partial charge in [0.1, 0.15) is 0 Å². The van der Waals surface area contributed by atoms with Crippen molar-refractivity contribution in [2.75, 3.05) is 26.3 Å². The number of esters is 2. The summed E-state index contributed by atoms with van der Waals surface area (Å²) in [7, 11) is 0. The molecule has 0 aliphatic carbocycles. The Morgan fingerprint density at radius 1 is 0.864 bits per heavy atom. The zero-order valence-electron chi connectivity index (χ0n) is 12.3. The number of carbonyl (C=O) groups excluding carboxylic acids is 2. The molecule has 0 aromatic heterocycles.